The van der Waals surface area contributed by atoms with Crippen LogP contribution in [0.15, 0.2) is 18.6 Å². The second kappa shape index (κ2) is 5.66. The normalized spacial score (nSPS) is 24.5. The number of piperidine rings is 1. The Morgan fingerprint density at radius 3 is 2.71 bits per heavy atom. The minimum atomic E-state index is 0.00851. The number of fused-ring (bicyclic) bond motifs is 2. The van der Waals surface area contributed by atoms with E-state index in [0.717, 1.165) is 25.5 Å². The number of aromatic nitrogens is 4. The highest BCUT2D eigenvalue weighted by Gasteiger charge is 2.43. The van der Waals surface area contributed by atoms with E-state index in [0.29, 0.717) is 0 Å². The largest absolute Gasteiger partial charge is 0.298 e. The summed E-state index contributed by atoms with van der Waals surface area (Å²) in [4.78, 5) is 11.7. The molecule has 1 saturated heterocycles. The number of nitrogens with zero attached hydrogens (tertiary/aromatic N) is 4. The van der Waals surface area contributed by atoms with Crippen molar-refractivity contribution in [3.8, 4) is 0 Å². The summed E-state index contributed by atoms with van der Waals surface area (Å²) in [7, 11) is 0. The molecule has 0 bridgehead atoms. The first-order chi connectivity index (χ1) is 11.5. The molecule has 5 heteroatoms. The first-order valence-electron chi connectivity index (χ1n) is 9.03. The summed E-state index contributed by atoms with van der Waals surface area (Å²) in [6.07, 6.45) is 11.0. The van der Waals surface area contributed by atoms with Gasteiger partial charge in [-0.2, -0.15) is 5.10 Å². The maximum absolute atomic E-state index is 4.58. The Morgan fingerprint density at radius 1 is 1.17 bits per heavy atom. The van der Waals surface area contributed by atoms with Crippen LogP contribution in [0.3, 0.4) is 0 Å². The number of aromatic amines is 1. The van der Waals surface area contributed by atoms with Crippen LogP contribution in [0.25, 0.3) is 0 Å². The number of nitrogens with one attached hydrogen (secondary N) is 1. The molecular formula is C19H27N5. The Kier molecular flexibility index (Phi) is 3.71. The quantitative estimate of drug-likeness (QED) is 0.922. The molecule has 1 aliphatic carbocycles. The van der Waals surface area contributed by atoms with Crippen molar-refractivity contribution in [3.63, 3.8) is 0 Å². The zero-order valence-corrected chi connectivity index (χ0v) is 15.0. The highest BCUT2D eigenvalue weighted by Crippen LogP contribution is 2.44. The number of rotatable bonds is 2. The van der Waals surface area contributed by atoms with Gasteiger partial charge in [0, 0.05) is 47.6 Å². The SMILES string of the molecule is CC(C)(C)c1ncc(CN2CCCC3(CCc4cn[nH]c43)C2)cn1. The minimum absolute atomic E-state index is 0.00851. The minimum Gasteiger partial charge on any atom is -0.298 e. The van der Waals surface area contributed by atoms with Crippen molar-refractivity contribution < 1.29 is 0 Å². The molecular weight excluding hydrogens is 298 g/mol. The lowest BCUT2D eigenvalue weighted by Crippen LogP contribution is -2.44. The van der Waals surface area contributed by atoms with Crippen molar-refractivity contribution in [1.82, 2.24) is 25.1 Å². The van der Waals surface area contributed by atoms with Crippen molar-refractivity contribution in [2.75, 3.05) is 13.1 Å². The maximum Gasteiger partial charge on any atom is 0.133 e. The summed E-state index contributed by atoms with van der Waals surface area (Å²) in [6.45, 7) is 9.67. The number of H-pyrrole nitrogens is 1. The topological polar surface area (TPSA) is 57.7 Å². The molecule has 1 N–H and O–H groups in total. The molecule has 128 valence electrons. The second-order valence-electron chi connectivity index (χ2n) is 8.53. The first kappa shape index (κ1) is 15.8. The molecule has 0 aromatic carbocycles. The van der Waals surface area contributed by atoms with Crippen LogP contribution in [0.5, 0.6) is 0 Å². The van der Waals surface area contributed by atoms with Crippen molar-refractivity contribution in [2.24, 2.45) is 0 Å². The van der Waals surface area contributed by atoms with Gasteiger partial charge in [0.15, 0.2) is 0 Å². The Bertz CT molecular complexity index is 712. The van der Waals surface area contributed by atoms with E-state index in [4.69, 9.17) is 0 Å². The van der Waals surface area contributed by atoms with Crippen LogP contribution in [-0.4, -0.2) is 38.2 Å². The summed E-state index contributed by atoms with van der Waals surface area (Å²) in [5.41, 5.74) is 4.33. The molecule has 2 aromatic heterocycles. The smallest absolute Gasteiger partial charge is 0.133 e. The lowest BCUT2D eigenvalue weighted by atomic mass is 9.77. The monoisotopic (exact) mass is 325 g/mol. The molecule has 1 aliphatic heterocycles. The van der Waals surface area contributed by atoms with Crippen LogP contribution in [0.1, 0.15) is 62.7 Å². The molecule has 4 rings (SSSR count). The Hall–Kier alpha value is -1.75. The van der Waals surface area contributed by atoms with E-state index < -0.39 is 0 Å². The molecule has 1 unspecified atom stereocenters. The molecule has 1 atom stereocenters. The van der Waals surface area contributed by atoms with Gasteiger partial charge >= 0.3 is 0 Å². The summed E-state index contributed by atoms with van der Waals surface area (Å²) in [5, 5.41) is 7.56. The van der Waals surface area contributed by atoms with Crippen molar-refractivity contribution in [1.29, 1.82) is 0 Å². The number of aryl methyl sites for hydroxylation is 1. The van der Waals surface area contributed by atoms with Crippen molar-refractivity contribution >= 4 is 0 Å². The molecule has 0 radical (unpaired) electrons. The molecule has 2 aromatic rings. The number of hydrogen-bond acceptors (Lipinski definition) is 4. The van der Waals surface area contributed by atoms with Crippen LogP contribution in [0.4, 0.5) is 0 Å². The average Bonchev–Trinajstić information content (AvgIpc) is 3.13. The lowest BCUT2D eigenvalue weighted by Gasteiger charge is -2.40. The fraction of sp³-hybridized carbons (Fsp3) is 0.632. The van der Waals surface area contributed by atoms with E-state index in [1.807, 2.05) is 18.6 Å². The predicted octanol–water partition coefficient (Wildman–Crippen LogP) is 2.98. The van der Waals surface area contributed by atoms with Crippen molar-refractivity contribution in [3.05, 3.63) is 41.2 Å². The third kappa shape index (κ3) is 2.75. The predicted molar refractivity (Wildman–Crippen MR) is 93.8 cm³/mol. The van der Waals surface area contributed by atoms with Gasteiger partial charge in [0.1, 0.15) is 5.82 Å². The lowest BCUT2D eigenvalue weighted by molar-refractivity contribution is 0.136. The van der Waals surface area contributed by atoms with E-state index in [9.17, 15) is 0 Å². The summed E-state index contributed by atoms with van der Waals surface area (Å²) >= 11 is 0. The molecule has 2 aliphatic rings. The second-order valence-corrected chi connectivity index (χ2v) is 8.53. The molecule has 5 nitrogen and oxygen atoms in total. The van der Waals surface area contributed by atoms with Crippen molar-refractivity contribution in [2.45, 2.75) is 63.8 Å². The fourth-order valence-corrected chi connectivity index (χ4v) is 4.31. The maximum atomic E-state index is 4.58. The molecule has 3 heterocycles. The molecule has 1 fully saturated rings. The standard InChI is InChI=1S/C19H27N5/c1-18(2,3)17-20-9-14(10-21-17)12-24-8-4-6-19(13-24)7-5-15-11-22-23-16(15)19/h9-11H,4-8,12-13H2,1-3H3,(H,22,23). The Morgan fingerprint density at radius 2 is 1.96 bits per heavy atom. The number of hydrogen-bond donors (Lipinski definition) is 1. The van der Waals surface area contributed by atoms with Gasteiger partial charge in [-0.3, -0.25) is 10.00 Å². The molecule has 0 amide bonds. The summed E-state index contributed by atoms with van der Waals surface area (Å²) < 4.78 is 0. The van der Waals surface area contributed by atoms with Gasteiger partial charge in [0.2, 0.25) is 0 Å². The Labute approximate surface area is 143 Å². The first-order valence-corrected chi connectivity index (χ1v) is 9.03. The zero-order chi connectivity index (χ0) is 16.8. The third-order valence-electron chi connectivity index (χ3n) is 5.56. The molecule has 24 heavy (non-hydrogen) atoms. The van der Waals surface area contributed by atoms with Crippen LogP contribution in [0, 0.1) is 0 Å². The van der Waals surface area contributed by atoms with Crippen LogP contribution in [0.2, 0.25) is 0 Å². The van der Waals surface area contributed by atoms with E-state index in [2.05, 4.69) is 45.8 Å². The van der Waals surface area contributed by atoms with Gasteiger partial charge in [-0.1, -0.05) is 20.8 Å². The average molecular weight is 325 g/mol. The van der Waals surface area contributed by atoms with Crippen LogP contribution in [-0.2, 0) is 23.8 Å². The highest BCUT2D eigenvalue weighted by atomic mass is 15.2. The van der Waals surface area contributed by atoms with Gasteiger partial charge in [0.05, 0.1) is 6.20 Å². The third-order valence-corrected chi connectivity index (χ3v) is 5.56. The molecule has 0 saturated carbocycles. The van der Waals surface area contributed by atoms with Gasteiger partial charge < -0.3 is 0 Å². The zero-order valence-electron chi connectivity index (χ0n) is 15.0. The van der Waals surface area contributed by atoms with Gasteiger partial charge in [-0.15, -0.1) is 0 Å². The summed E-state index contributed by atoms with van der Waals surface area (Å²) in [5.74, 6) is 0.916. The Balaban J connectivity index is 1.48. The van der Waals surface area contributed by atoms with E-state index in [1.54, 1.807) is 0 Å². The van der Waals surface area contributed by atoms with Crippen LogP contribution < -0.4 is 0 Å². The summed E-state index contributed by atoms with van der Waals surface area (Å²) in [6, 6.07) is 0. The fourth-order valence-electron chi connectivity index (χ4n) is 4.31. The molecule has 1 spiro atoms. The van der Waals surface area contributed by atoms with E-state index >= 15 is 0 Å². The van der Waals surface area contributed by atoms with Gasteiger partial charge in [-0.05, 0) is 37.8 Å². The highest BCUT2D eigenvalue weighted by molar-refractivity contribution is 5.33. The van der Waals surface area contributed by atoms with E-state index in [1.165, 1.54) is 42.5 Å². The van der Waals surface area contributed by atoms with Gasteiger partial charge in [-0.25, -0.2) is 9.97 Å². The van der Waals surface area contributed by atoms with Gasteiger partial charge in [0.25, 0.3) is 0 Å². The van der Waals surface area contributed by atoms with E-state index in [-0.39, 0.29) is 10.8 Å². The van der Waals surface area contributed by atoms with Crippen LogP contribution >= 0.6 is 0 Å². The number of likely N-dealkylation sites (tertiary alicyclic amines) is 1.